The lowest BCUT2D eigenvalue weighted by molar-refractivity contribution is -0.158. The van der Waals surface area contributed by atoms with E-state index in [4.69, 9.17) is 19.9 Å². The van der Waals surface area contributed by atoms with E-state index in [1.54, 1.807) is 0 Å². The van der Waals surface area contributed by atoms with E-state index < -0.39 is 18.2 Å². The van der Waals surface area contributed by atoms with Gasteiger partial charge in [-0.2, -0.15) is 0 Å². The average Bonchev–Trinajstić information content (AvgIpc) is 3.02. The lowest BCUT2D eigenvalue weighted by Gasteiger charge is -2.41. The molecule has 0 bridgehead atoms. The van der Waals surface area contributed by atoms with Gasteiger partial charge in [0.15, 0.2) is 23.7 Å². The number of piperazine rings is 1. The van der Waals surface area contributed by atoms with Crippen LogP contribution >= 0.6 is 0 Å². The van der Waals surface area contributed by atoms with Gasteiger partial charge in [-0.1, -0.05) is 88.6 Å². The summed E-state index contributed by atoms with van der Waals surface area (Å²) in [5, 5.41) is 0. The van der Waals surface area contributed by atoms with Crippen molar-refractivity contribution >= 4 is 11.9 Å². The molecule has 8 nitrogen and oxygen atoms in total. The van der Waals surface area contributed by atoms with E-state index in [0.717, 1.165) is 49.0 Å². The minimum absolute atomic E-state index is 0.178. The number of aryl methyl sites for hydroxylation is 2. The van der Waals surface area contributed by atoms with Crippen LogP contribution < -0.4 is 15.2 Å². The van der Waals surface area contributed by atoms with Crippen LogP contribution in [0.25, 0.3) is 0 Å². The molecule has 2 aliphatic heterocycles. The van der Waals surface area contributed by atoms with E-state index in [9.17, 15) is 9.59 Å². The summed E-state index contributed by atoms with van der Waals surface area (Å²) < 4.78 is 18.4. The Kier molecular flexibility index (Phi) is 13.4. The monoisotopic (exact) mass is 607 g/mol. The van der Waals surface area contributed by atoms with Gasteiger partial charge in [0.25, 0.3) is 0 Å². The number of fused-ring (bicyclic) bond motifs is 1. The van der Waals surface area contributed by atoms with E-state index in [-0.39, 0.29) is 11.9 Å². The topological polar surface area (TPSA) is 94.3 Å². The molecule has 0 radical (unpaired) electrons. The molecule has 4 rings (SSSR count). The smallest absolute Gasteiger partial charge is 0.306 e. The first-order valence-electron chi connectivity index (χ1n) is 16.8. The summed E-state index contributed by atoms with van der Waals surface area (Å²) in [5.74, 6) is 0.876. The number of carbonyl (C=O) groups is 2. The molecule has 2 heterocycles. The van der Waals surface area contributed by atoms with Crippen LogP contribution in [-0.2, 0) is 14.3 Å². The van der Waals surface area contributed by atoms with Crippen molar-refractivity contribution in [1.29, 1.82) is 0 Å². The number of hydrogen-bond donors (Lipinski definition) is 1. The standard InChI is InChI=1S/C36H53N3O5/c1-4-5-6-7-8-9-10-11-12-20-33(40)44-31(32-26-42-29-18-13-14-19-30(29)43-32)25-38-21-23-39(24-22-38)35(36(37)41)34-27(2)16-15-17-28(34)3/h13-19,31-32,35H,4-12,20-26H2,1-3H3,(H2,37,41). The zero-order valence-electron chi connectivity index (χ0n) is 27.1. The minimum atomic E-state index is -0.466. The Bertz CT molecular complexity index is 1180. The highest BCUT2D eigenvalue weighted by Crippen LogP contribution is 2.33. The zero-order valence-corrected chi connectivity index (χ0v) is 27.1. The molecule has 2 aromatic rings. The van der Waals surface area contributed by atoms with Crippen LogP contribution in [0.1, 0.15) is 93.9 Å². The lowest BCUT2D eigenvalue weighted by atomic mass is 9.94. The van der Waals surface area contributed by atoms with Crippen LogP contribution in [0, 0.1) is 13.8 Å². The number of primary amides is 1. The summed E-state index contributed by atoms with van der Waals surface area (Å²) in [5.41, 5.74) is 9.10. The predicted octanol–water partition coefficient (Wildman–Crippen LogP) is 6.12. The fraction of sp³-hybridized carbons (Fsp3) is 0.611. The predicted molar refractivity (Wildman–Crippen MR) is 174 cm³/mol. The first kappa shape index (κ1) is 33.8. The van der Waals surface area contributed by atoms with Crippen LogP contribution in [0.3, 0.4) is 0 Å². The third-order valence-electron chi connectivity index (χ3n) is 9.01. The highest BCUT2D eigenvalue weighted by molar-refractivity contribution is 5.82. The number of nitrogens with zero attached hydrogens (tertiary/aromatic N) is 2. The molecule has 1 saturated heterocycles. The molecule has 0 spiro atoms. The second kappa shape index (κ2) is 17.4. The number of unbranched alkanes of at least 4 members (excludes halogenated alkanes) is 8. The van der Waals surface area contributed by atoms with Crippen LogP contribution in [0.2, 0.25) is 0 Å². The lowest BCUT2D eigenvalue weighted by Crippen LogP contribution is -2.54. The largest absolute Gasteiger partial charge is 0.486 e. The van der Waals surface area contributed by atoms with Crippen molar-refractivity contribution in [2.24, 2.45) is 5.73 Å². The van der Waals surface area contributed by atoms with Crippen molar-refractivity contribution in [2.75, 3.05) is 39.3 Å². The third kappa shape index (κ3) is 9.70. The van der Waals surface area contributed by atoms with Gasteiger partial charge in [-0.05, 0) is 49.1 Å². The molecule has 242 valence electrons. The molecule has 44 heavy (non-hydrogen) atoms. The number of para-hydroxylation sites is 2. The average molecular weight is 608 g/mol. The number of benzene rings is 2. The Morgan fingerprint density at radius 3 is 2.11 bits per heavy atom. The quantitative estimate of drug-likeness (QED) is 0.171. The molecule has 3 unspecified atom stereocenters. The summed E-state index contributed by atoms with van der Waals surface area (Å²) in [6.45, 7) is 10.00. The molecule has 2 N–H and O–H groups in total. The van der Waals surface area contributed by atoms with E-state index in [0.29, 0.717) is 44.2 Å². The highest BCUT2D eigenvalue weighted by atomic mass is 16.6. The molecule has 0 aromatic heterocycles. The van der Waals surface area contributed by atoms with Gasteiger partial charge in [0.05, 0.1) is 0 Å². The maximum Gasteiger partial charge on any atom is 0.306 e. The summed E-state index contributed by atoms with van der Waals surface area (Å²) >= 11 is 0. The minimum Gasteiger partial charge on any atom is -0.486 e. The number of esters is 1. The fourth-order valence-electron chi connectivity index (χ4n) is 6.48. The summed E-state index contributed by atoms with van der Waals surface area (Å²) in [4.78, 5) is 30.2. The fourth-order valence-corrected chi connectivity index (χ4v) is 6.48. The van der Waals surface area contributed by atoms with Crippen molar-refractivity contribution < 1.29 is 23.8 Å². The van der Waals surface area contributed by atoms with Gasteiger partial charge < -0.3 is 19.9 Å². The van der Waals surface area contributed by atoms with Crippen molar-refractivity contribution in [3.63, 3.8) is 0 Å². The zero-order chi connectivity index (χ0) is 31.3. The molecule has 0 aliphatic carbocycles. The Morgan fingerprint density at radius 1 is 0.864 bits per heavy atom. The van der Waals surface area contributed by atoms with Crippen molar-refractivity contribution in [3.05, 3.63) is 59.2 Å². The van der Waals surface area contributed by atoms with Crippen LogP contribution in [0.5, 0.6) is 11.5 Å². The van der Waals surface area contributed by atoms with Gasteiger partial charge in [-0.15, -0.1) is 0 Å². The Balaban J connectivity index is 1.32. The molecule has 1 fully saturated rings. The number of nitrogens with two attached hydrogens (primary N) is 1. The van der Waals surface area contributed by atoms with Gasteiger partial charge in [0.1, 0.15) is 12.6 Å². The molecule has 0 saturated carbocycles. The maximum atomic E-state index is 13.0. The van der Waals surface area contributed by atoms with E-state index in [1.165, 1.54) is 38.5 Å². The van der Waals surface area contributed by atoms with Gasteiger partial charge in [0, 0.05) is 39.1 Å². The summed E-state index contributed by atoms with van der Waals surface area (Å²) in [6, 6.07) is 13.2. The number of carbonyl (C=O) groups excluding carboxylic acids is 2. The number of ether oxygens (including phenoxy) is 3. The van der Waals surface area contributed by atoms with Gasteiger partial charge in [-0.3, -0.25) is 19.4 Å². The maximum absolute atomic E-state index is 13.0. The van der Waals surface area contributed by atoms with Crippen LogP contribution in [0.15, 0.2) is 42.5 Å². The van der Waals surface area contributed by atoms with E-state index >= 15 is 0 Å². The van der Waals surface area contributed by atoms with Crippen molar-refractivity contribution in [3.8, 4) is 11.5 Å². The van der Waals surface area contributed by atoms with E-state index in [2.05, 4.69) is 16.7 Å². The van der Waals surface area contributed by atoms with Crippen LogP contribution in [-0.4, -0.2) is 73.2 Å². The number of amides is 1. The summed E-state index contributed by atoms with van der Waals surface area (Å²) in [6.07, 6.45) is 10.4. The first-order valence-corrected chi connectivity index (χ1v) is 16.8. The molecule has 1 amide bonds. The Morgan fingerprint density at radius 2 is 1.48 bits per heavy atom. The third-order valence-corrected chi connectivity index (χ3v) is 9.01. The molecular weight excluding hydrogens is 554 g/mol. The second-order valence-electron chi connectivity index (χ2n) is 12.5. The van der Waals surface area contributed by atoms with Gasteiger partial charge in [-0.25, -0.2) is 0 Å². The summed E-state index contributed by atoms with van der Waals surface area (Å²) in [7, 11) is 0. The van der Waals surface area contributed by atoms with Gasteiger partial charge in [0.2, 0.25) is 5.91 Å². The molecule has 2 aliphatic rings. The SMILES string of the molecule is CCCCCCCCCCCC(=O)OC(CN1CCN(C(C(N)=O)c2c(C)cccc2C)CC1)C1COc2ccccc2O1. The number of rotatable bonds is 17. The van der Waals surface area contributed by atoms with E-state index in [1.807, 2.05) is 56.3 Å². The van der Waals surface area contributed by atoms with Crippen molar-refractivity contribution in [1.82, 2.24) is 9.80 Å². The number of hydrogen-bond acceptors (Lipinski definition) is 7. The van der Waals surface area contributed by atoms with Gasteiger partial charge >= 0.3 is 5.97 Å². The molecule has 3 atom stereocenters. The molecular formula is C36H53N3O5. The Labute approximate surface area is 264 Å². The van der Waals surface area contributed by atoms with Crippen molar-refractivity contribution in [2.45, 2.75) is 103 Å². The highest BCUT2D eigenvalue weighted by Gasteiger charge is 2.36. The normalized spacial score (nSPS) is 18.5. The molecule has 2 aromatic carbocycles. The molecule has 8 heteroatoms. The van der Waals surface area contributed by atoms with Crippen LogP contribution in [0.4, 0.5) is 0 Å². The Hall–Kier alpha value is -3.10. The first-order chi connectivity index (χ1) is 21.4. The second-order valence-corrected chi connectivity index (χ2v) is 12.5.